The van der Waals surface area contributed by atoms with Crippen LogP contribution >= 0.6 is 34.5 Å². The van der Waals surface area contributed by atoms with Gasteiger partial charge in [0, 0.05) is 26.1 Å². The molecule has 3 heterocycles. The summed E-state index contributed by atoms with van der Waals surface area (Å²) >= 11 is 13.8. The summed E-state index contributed by atoms with van der Waals surface area (Å²) in [6, 6.07) is 6.62. The molecule has 2 aliphatic rings. The number of carbonyl (C=O) groups excluding carboxylic acids is 2. The minimum Gasteiger partial charge on any atom is -0.378 e. The molecule has 28 heavy (non-hydrogen) atoms. The van der Waals surface area contributed by atoms with Crippen LogP contribution in [-0.2, 0) is 9.53 Å². The fourth-order valence-corrected chi connectivity index (χ4v) is 5.13. The van der Waals surface area contributed by atoms with Gasteiger partial charge < -0.3 is 20.3 Å². The molecule has 9 heteroatoms. The van der Waals surface area contributed by atoms with E-state index in [4.69, 9.17) is 27.9 Å². The predicted molar refractivity (Wildman–Crippen MR) is 111 cm³/mol. The second-order valence-corrected chi connectivity index (χ2v) is 8.53. The number of thiophene rings is 1. The lowest BCUT2D eigenvalue weighted by atomic mass is 9.82. The molecule has 2 aliphatic heterocycles. The van der Waals surface area contributed by atoms with Gasteiger partial charge in [-0.15, -0.1) is 11.3 Å². The molecule has 2 atom stereocenters. The summed E-state index contributed by atoms with van der Waals surface area (Å²) in [7, 11) is 1.56. The maximum Gasteiger partial charge on any atom is 0.262 e. The molecule has 0 saturated carbocycles. The van der Waals surface area contributed by atoms with Gasteiger partial charge in [-0.1, -0.05) is 29.3 Å². The Morgan fingerprint density at radius 2 is 2.00 bits per heavy atom. The lowest BCUT2D eigenvalue weighted by Crippen LogP contribution is -2.52. The minimum atomic E-state index is -0.727. The van der Waals surface area contributed by atoms with Gasteiger partial charge in [0.1, 0.15) is 6.04 Å². The number of likely N-dealkylation sites (N-methyl/N-ethyl adjacent to an activating group) is 1. The van der Waals surface area contributed by atoms with Gasteiger partial charge in [0.2, 0.25) is 5.91 Å². The Morgan fingerprint density at radius 1 is 1.25 bits per heavy atom. The first-order valence-corrected chi connectivity index (χ1v) is 10.5. The van der Waals surface area contributed by atoms with Crippen LogP contribution in [0.3, 0.4) is 0 Å². The third kappa shape index (κ3) is 3.48. The van der Waals surface area contributed by atoms with Gasteiger partial charge in [0.05, 0.1) is 33.1 Å². The zero-order chi connectivity index (χ0) is 19.8. The van der Waals surface area contributed by atoms with Crippen molar-refractivity contribution in [3.63, 3.8) is 0 Å². The minimum absolute atomic E-state index is 0.232. The van der Waals surface area contributed by atoms with E-state index in [1.54, 1.807) is 19.2 Å². The highest BCUT2D eigenvalue weighted by Crippen LogP contribution is 2.42. The number of nitrogens with one attached hydrogen (secondary N) is 2. The highest BCUT2D eigenvalue weighted by atomic mass is 35.5. The van der Waals surface area contributed by atoms with E-state index in [1.165, 1.54) is 11.3 Å². The fourth-order valence-electron chi connectivity index (χ4n) is 3.66. The number of halogens is 2. The number of fused-ring (bicyclic) bond motifs is 1. The Morgan fingerprint density at radius 3 is 2.68 bits per heavy atom. The number of rotatable bonds is 3. The van der Waals surface area contributed by atoms with Crippen LogP contribution in [0.25, 0.3) is 0 Å². The number of morpholine rings is 1. The van der Waals surface area contributed by atoms with Crippen molar-refractivity contribution in [2.24, 2.45) is 0 Å². The van der Waals surface area contributed by atoms with Gasteiger partial charge in [0.15, 0.2) is 0 Å². The first-order valence-electron chi connectivity index (χ1n) is 8.93. The van der Waals surface area contributed by atoms with Crippen molar-refractivity contribution >= 4 is 51.4 Å². The summed E-state index contributed by atoms with van der Waals surface area (Å²) in [6.45, 7) is 2.87. The van der Waals surface area contributed by atoms with Crippen LogP contribution in [0, 0.1) is 0 Å². The van der Waals surface area contributed by atoms with Crippen LogP contribution in [0.5, 0.6) is 0 Å². The highest BCUT2D eigenvalue weighted by molar-refractivity contribution is 7.18. The normalized spacial score (nSPS) is 21.8. The maximum absolute atomic E-state index is 12.7. The smallest absolute Gasteiger partial charge is 0.262 e. The van der Waals surface area contributed by atoms with Crippen LogP contribution in [0.4, 0.5) is 5.00 Å². The SMILES string of the molecule is CNC(=O)[C@@H]1NC(=O)c2sc(N3CCOCC3)cc2[C@H]1c1ccc(Cl)c(Cl)c1. The topological polar surface area (TPSA) is 70.7 Å². The predicted octanol–water partition coefficient (Wildman–Crippen LogP) is 2.88. The van der Waals surface area contributed by atoms with Crippen molar-refractivity contribution in [2.45, 2.75) is 12.0 Å². The van der Waals surface area contributed by atoms with E-state index in [1.807, 2.05) is 12.1 Å². The Balaban J connectivity index is 1.81. The van der Waals surface area contributed by atoms with E-state index < -0.39 is 6.04 Å². The van der Waals surface area contributed by atoms with Crippen LogP contribution < -0.4 is 15.5 Å². The zero-order valence-electron chi connectivity index (χ0n) is 15.1. The number of amides is 2. The number of hydrogen-bond acceptors (Lipinski definition) is 5. The molecule has 2 N–H and O–H groups in total. The van der Waals surface area contributed by atoms with E-state index in [9.17, 15) is 9.59 Å². The molecule has 1 fully saturated rings. The summed E-state index contributed by atoms with van der Waals surface area (Å²) in [5.74, 6) is -0.841. The van der Waals surface area contributed by atoms with Crippen molar-refractivity contribution in [3.05, 3.63) is 50.3 Å². The third-order valence-electron chi connectivity index (χ3n) is 5.06. The largest absolute Gasteiger partial charge is 0.378 e. The van der Waals surface area contributed by atoms with Crippen molar-refractivity contribution < 1.29 is 14.3 Å². The summed E-state index contributed by atoms with van der Waals surface area (Å²) in [6.07, 6.45) is 0. The standard InChI is InChI=1S/C19H19Cl2N3O3S/c1-22-18(25)16-15(10-2-3-12(20)13(21)8-10)11-9-14(24-4-6-27-7-5-24)28-17(11)19(26)23-16/h2-3,8-9,15-16H,4-7H2,1H3,(H,22,25)(H,23,26)/t15-,16-/m1/s1. The molecule has 1 aromatic heterocycles. The van der Waals surface area contributed by atoms with E-state index in [0.29, 0.717) is 28.1 Å². The lowest BCUT2D eigenvalue weighted by Gasteiger charge is -2.31. The van der Waals surface area contributed by atoms with Gasteiger partial charge in [-0.05, 0) is 29.3 Å². The molecule has 148 valence electrons. The average Bonchev–Trinajstić information content (AvgIpc) is 3.16. The van der Waals surface area contributed by atoms with Crippen LogP contribution in [0.15, 0.2) is 24.3 Å². The third-order valence-corrected chi connectivity index (χ3v) is 7.01. The summed E-state index contributed by atoms with van der Waals surface area (Å²) < 4.78 is 5.43. The molecule has 0 unspecified atom stereocenters. The molecule has 0 bridgehead atoms. The van der Waals surface area contributed by atoms with Crippen molar-refractivity contribution in [1.82, 2.24) is 10.6 Å². The first kappa shape index (κ1) is 19.5. The van der Waals surface area contributed by atoms with Crippen LogP contribution in [-0.4, -0.2) is 51.2 Å². The molecular formula is C19H19Cl2N3O3S. The van der Waals surface area contributed by atoms with Gasteiger partial charge in [-0.3, -0.25) is 9.59 Å². The van der Waals surface area contributed by atoms with E-state index in [2.05, 4.69) is 15.5 Å². The van der Waals surface area contributed by atoms with Crippen molar-refractivity contribution in [3.8, 4) is 0 Å². The molecule has 0 spiro atoms. The molecule has 1 aromatic carbocycles. The number of carbonyl (C=O) groups is 2. The molecular weight excluding hydrogens is 421 g/mol. The number of hydrogen-bond donors (Lipinski definition) is 2. The van der Waals surface area contributed by atoms with Crippen molar-refractivity contribution in [1.29, 1.82) is 0 Å². The summed E-state index contributed by atoms with van der Waals surface area (Å²) in [5.41, 5.74) is 1.66. The Labute approximate surface area is 176 Å². The van der Waals surface area contributed by atoms with Gasteiger partial charge in [-0.25, -0.2) is 0 Å². The van der Waals surface area contributed by atoms with E-state index in [0.717, 1.165) is 29.2 Å². The highest BCUT2D eigenvalue weighted by Gasteiger charge is 2.40. The Kier molecular flexibility index (Phi) is 5.51. The van der Waals surface area contributed by atoms with Gasteiger partial charge in [0.25, 0.3) is 5.91 Å². The summed E-state index contributed by atoms with van der Waals surface area (Å²) in [5, 5.41) is 7.37. The molecule has 2 aromatic rings. The fraction of sp³-hybridized carbons (Fsp3) is 0.368. The second kappa shape index (κ2) is 7.91. The van der Waals surface area contributed by atoms with Crippen LogP contribution in [0.1, 0.15) is 26.7 Å². The molecule has 4 rings (SSSR count). The number of anilines is 1. The molecule has 1 saturated heterocycles. The Bertz CT molecular complexity index is 927. The second-order valence-electron chi connectivity index (χ2n) is 6.69. The number of nitrogens with zero attached hydrogens (tertiary/aromatic N) is 1. The molecule has 2 amide bonds. The summed E-state index contributed by atoms with van der Waals surface area (Å²) in [4.78, 5) is 28.1. The first-order chi connectivity index (χ1) is 13.5. The Hall–Kier alpha value is -1.80. The van der Waals surface area contributed by atoms with Gasteiger partial charge >= 0.3 is 0 Å². The van der Waals surface area contributed by atoms with E-state index >= 15 is 0 Å². The van der Waals surface area contributed by atoms with Crippen LogP contribution in [0.2, 0.25) is 10.0 Å². The lowest BCUT2D eigenvalue weighted by molar-refractivity contribution is -0.122. The number of ether oxygens (including phenoxy) is 1. The molecule has 6 nitrogen and oxygen atoms in total. The molecule has 0 radical (unpaired) electrons. The maximum atomic E-state index is 12.7. The van der Waals surface area contributed by atoms with Gasteiger partial charge in [-0.2, -0.15) is 0 Å². The van der Waals surface area contributed by atoms with Crippen molar-refractivity contribution in [2.75, 3.05) is 38.3 Å². The average molecular weight is 440 g/mol. The monoisotopic (exact) mass is 439 g/mol. The molecule has 0 aliphatic carbocycles. The quantitative estimate of drug-likeness (QED) is 0.770. The zero-order valence-corrected chi connectivity index (χ0v) is 17.5. The van der Waals surface area contributed by atoms with E-state index in [-0.39, 0.29) is 17.7 Å². The number of benzene rings is 1.